The molecule has 0 spiro atoms. The Morgan fingerprint density at radius 2 is 1.95 bits per heavy atom. The number of unbranched alkanes of at least 4 members (excludes halogenated alkanes) is 1. The highest BCUT2D eigenvalue weighted by Gasteiger charge is 2.21. The Bertz CT molecular complexity index is 292. The molecule has 1 saturated heterocycles. The van der Waals surface area contributed by atoms with Gasteiger partial charge in [-0.05, 0) is 32.6 Å². The maximum absolute atomic E-state index is 5.69. The molecule has 1 rings (SSSR count). The van der Waals surface area contributed by atoms with Gasteiger partial charge in [-0.15, -0.1) is 0 Å². The maximum Gasteiger partial charge on any atom is 0.193 e. The molecule has 22 heavy (non-hydrogen) atoms. The lowest BCUT2D eigenvalue weighted by Crippen LogP contribution is -2.47. The molecule has 0 unspecified atom stereocenters. The molecule has 130 valence electrons. The van der Waals surface area contributed by atoms with E-state index < -0.39 is 0 Å². The summed E-state index contributed by atoms with van der Waals surface area (Å²) in [5.74, 6) is 1.01. The summed E-state index contributed by atoms with van der Waals surface area (Å²) in [5.41, 5.74) is 0. The Balaban J connectivity index is 2.08. The minimum atomic E-state index is 0.420. The molecule has 0 amide bonds. The minimum absolute atomic E-state index is 0.420. The van der Waals surface area contributed by atoms with E-state index in [-0.39, 0.29) is 0 Å². The van der Waals surface area contributed by atoms with Gasteiger partial charge in [-0.25, -0.2) is 0 Å². The first-order chi connectivity index (χ1) is 10.8. The van der Waals surface area contributed by atoms with E-state index in [0.29, 0.717) is 19.3 Å². The zero-order valence-electron chi connectivity index (χ0n) is 14.5. The van der Waals surface area contributed by atoms with Crippen LogP contribution in [0.15, 0.2) is 4.99 Å². The van der Waals surface area contributed by atoms with E-state index in [1.807, 2.05) is 7.05 Å². The number of ether oxygens (including phenoxy) is 3. The number of nitrogens with one attached hydrogen (secondary N) is 1. The quantitative estimate of drug-likeness (QED) is 0.376. The van der Waals surface area contributed by atoms with Crippen molar-refractivity contribution in [3.05, 3.63) is 0 Å². The fraction of sp³-hybridized carbons (Fsp3) is 0.938. The Kier molecular flexibility index (Phi) is 11.1. The summed E-state index contributed by atoms with van der Waals surface area (Å²) in [6, 6.07) is 0. The summed E-state index contributed by atoms with van der Waals surface area (Å²) in [4.78, 5) is 6.71. The lowest BCUT2D eigenvalue weighted by atomic mass is 10.1. The number of hydrogen-bond donors (Lipinski definition) is 1. The van der Waals surface area contributed by atoms with Crippen molar-refractivity contribution in [3.63, 3.8) is 0 Å². The maximum atomic E-state index is 5.69. The third-order valence-electron chi connectivity index (χ3n) is 3.79. The standard InChI is InChI=1S/C16H33N3O3/c1-4-22-15-7-10-19(11-8-15)16(17-2)18-9-5-6-12-21-14-13-20-3/h15H,4-14H2,1-3H3,(H,17,18). The fourth-order valence-corrected chi connectivity index (χ4v) is 2.58. The van der Waals surface area contributed by atoms with Crippen molar-refractivity contribution >= 4 is 5.96 Å². The van der Waals surface area contributed by atoms with Crippen LogP contribution in [-0.2, 0) is 14.2 Å². The van der Waals surface area contributed by atoms with Crippen LogP contribution in [0.5, 0.6) is 0 Å². The molecule has 6 heteroatoms. The van der Waals surface area contributed by atoms with Crippen molar-refractivity contribution in [3.8, 4) is 0 Å². The smallest absolute Gasteiger partial charge is 0.193 e. The van der Waals surface area contributed by atoms with Gasteiger partial charge < -0.3 is 24.4 Å². The van der Waals surface area contributed by atoms with Crippen molar-refractivity contribution in [2.75, 3.05) is 60.2 Å². The van der Waals surface area contributed by atoms with Crippen molar-refractivity contribution in [1.82, 2.24) is 10.2 Å². The number of aliphatic imine (C=N–C) groups is 1. The van der Waals surface area contributed by atoms with Gasteiger partial charge in [0.25, 0.3) is 0 Å². The predicted molar refractivity (Wildman–Crippen MR) is 89.5 cm³/mol. The van der Waals surface area contributed by atoms with Crippen LogP contribution in [0, 0.1) is 0 Å². The molecule has 1 N–H and O–H groups in total. The molecule has 0 atom stereocenters. The fourth-order valence-electron chi connectivity index (χ4n) is 2.58. The topological polar surface area (TPSA) is 55.3 Å². The summed E-state index contributed by atoms with van der Waals surface area (Å²) in [6.07, 6.45) is 4.73. The highest BCUT2D eigenvalue weighted by atomic mass is 16.5. The van der Waals surface area contributed by atoms with E-state index in [1.54, 1.807) is 7.11 Å². The van der Waals surface area contributed by atoms with Gasteiger partial charge in [0.05, 0.1) is 19.3 Å². The second-order valence-electron chi connectivity index (χ2n) is 5.43. The van der Waals surface area contributed by atoms with E-state index in [9.17, 15) is 0 Å². The van der Waals surface area contributed by atoms with Crippen molar-refractivity contribution in [2.24, 2.45) is 4.99 Å². The summed E-state index contributed by atoms with van der Waals surface area (Å²) in [7, 11) is 3.54. The average Bonchev–Trinajstić information content (AvgIpc) is 2.55. The zero-order chi connectivity index (χ0) is 16.0. The van der Waals surface area contributed by atoms with Crippen LogP contribution in [0.2, 0.25) is 0 Å². The molecule has 1 heterocycles. The van der Waals surface area contributed by atoms with Gasteiger partial charge in [-0.1, -0.05) is 0 Å². The van der Waals surface area contributed by atoms with Gasteiger partial charge in [0, 0.05) is 47.0 Å². The summed E-state index contributed by atoms with van der Waals surface area (Å²) in [5, 5.41) is 3.44. The number of hydrogen-bond acceptors (Lipinski definition) is 4. The first kappa shape index (κ1) is 19.2. The monoisotopic (exact) mass is 315 g/mol. The first-order valence-corrected chi connectivity index (χ1v) is 8.45. The van der Waals surface area contributed by atoms with Crippen LogP contribution in [0.4, 0.5) is 0 Å². The highest BCUT2D eigenvalue weighted by molar-refractivity contribution is 5.79. The second kappa shape index (κ2) is 12.7. The molecule has 0 aliphatic carbocycles. The highest BCUT2D eigenvalue weighted by Crippen LogP contribution is 2.13. The lowest BCUT2D eigenvalue weighted by molar-refractivity contribution is 0.0263. The Morgan fingerprint density at radius 3 is 2.59 bits per heavy atom. The molecule has 1 fully saturated rings. The van der Waals surface area contributed by atoms with E-state index in [4.69, 9.17) is 14.2 Å². The van der Waals surface area contributed by atoms with Crippen molar-refractivity contribution in [2.45, 2.75) is 38.7 Å². The van der Waals surface area contributed by atoms with Crippen LogP contribution in [0.3, 0.4) is 0 Å². The summed E-state index contributed by atoms with van der Waals surface area (Å²) < 4.78 is 16.1. The van der Waals surface area contributed by atoms with Gasteiger partial charge in [0.2, 0.25) is 0 Å². The van der Waals surface area contributed by atoms with Gasteiger partial charge >= 0.3 is 0 Å². The van der Waals surface area contributed by atoms with Crippen LogP contribution in [-0.4, -0.2) is 77.2 Å². The largest absolute Gasteiger partial charge is 0.382 e. The van der Waals surface area contributed by atoms with E-state index >= 15 is 0 Å². The summed E-state index contributed by atoms with van der Waals surface area (Å²) >= 11 is 0. The SMILES string of the molecule is CCOC1CCN(C(=NC)NCCCCOCCOC)CC1. The minimum Gasteiger partial charge on any atom is -0.382 e. The van der Waals surface area contributed by atoms with Crippen molar-refractivity contribution < 1.29 is 14.2 Å². The predicted octanol–water partition coefficient (Wildman–Crippen LogP) is 1.51. The molecule has 0 bridgehead atoms. The van der Waals surface area contributed by atoms with Gasteiger partial charge in [-0.3, -0.25) is 4.99 Å². The third kappa shape index (κ3) is 7.96. The Labute approximate surface area is 135 Å². The summed E-state index contributed by atoms with van der Waals surface area (Å²) in [6.45, 7) is 7.99. The number of likely N-dealkylation sites (tertiary alicyclic amines) is 1. The molecule has 6 nitrogen and oxygen atoms in total. The number of rotatable bonds is 10. The molecule has 0 saturated carbocycles. The van der Waals surface area contributed by atoms with Crippen molar-refractivity contribution in [1.29, 1.82) is 0 Å². The number of guanidine groups is 1. The molecule has 1 aliphatic rings. The molecule has 1 aliphatic heterocycles. The van der Waals surface area contributed by atoms with Gasteiger partial charge in [-0.2, -0.15) is 0 Å². The molecule has 0 aromatic rings. The van der Waals surface area contributed by atoms with E-state index in [0.717, 1.165) is 64.5 Å². The van der Waals surface area contributed by atoms with E-state index in [2.05, 4.69) is 22.1 Å². The van der Waals surface area contributed by atoms with Crippen LogP contribution in [0.1, 0.15) is 32.6 Å². The Hall–Kier alpha value is -0.850. The van der Waals surface area contributed by atoms with Crippen LogP contribution in [0.25, 0.3) is 0 Å². The molecular weight excluding hydrogens is 282 g/mol. The van der Waals surface area contributed by atoms with Gasteiger partial charge in [0.1, 0.15) is 0 Å². The van der Waals surface area contributed by atoms with Gasteiger partial charge in [0.15, 0.2) is 5.96 Å². The average molecular weight is 315 g/mol. The molecule has 0 aromatic heterocycles. The first-order valence-electron chi connectivity index (χ1n) is 8.45. The Morgan fingerprint density at radius 1 is 1.18 bits per heavy atom. The zero-order valence-corrected chi connectivity index (χ0v) is 14.5. The van der Waals surface area contributed by atoms with Crippen LogP contribution < -0.4 is 5.32 Å². The second-order valence-corrected chi connectivity index (χ2v) is 5.43. The molecular formula is C16H33N3O3. The van der Waals surface area contributed by atoms with Crippen LogP contribution >= 0.6 is 0 Å². The molecule has 0 aromatic carbocycles. The number of piperidine rings is 1. The number of methoxy groups -OCH3 is 1. The van der Waals surface area contributed by atoms with E-state index in [1.165, 1.54) is 0 Å². The molecule has 0 radical (unpaired) electrons. The normalized spacial score (nSPS) is 17.0. The number of nitrogens with zero attached hydrogens (tertiary/aromatic N) is 2. The third-order valence-corrected chi connectivity index (χ3v) is 3.79. The lowest BCUT2D eigenvalue weighted by Gasteiger charge is -2.34.